The van der Waals surface area contributed by atoms with Gasteiger partial charge in [-0.05, 0) is 23.3 Å². The number of sulfonamides is 1. The number of hydrogen-bond acceptors (Lipinski definition) is 5. The van der Waals surface area contributed by atoms with Gasteiger partial charge in [-0.25, -0.2) is 18.1 Å². The van der Waals surface area contributed by atoms with Crippen LogP contribution in [0.15, 0.2) is 33.7 Å². The number of oxazole rings is 1. The van der Waals surface area contributed by atoms with Gasteiger partial charge < -0.3 is 9.73 Å². The van der Waals surface area contributed by atoms with E-state index in [0.717, 1.165) is 29.9 Å². The van der Waals surface area contributed by atoms with Crippen molar-refractivity contribution < 1.29 is 12.8 Å². The Morgan fingerprint density at radius 2 is 2.14 bits per heavy atom. The first-order valence-electron chi connectivity index (χ1n) is 6.84. The molecule has 0 unspecified atom stereocenters. The third-order valence-corrected chi connectivity index (χ3v) is 4.88. The second-order valence-electron chi connectivity index (χ2n) is 4.93. The molecular formula is C14H17N3O3S. The van der Waals surface area contributed by atoms with Crippen molar-refractivity contribution in [2.75, 3.05) is 0 Å². The van der Waals surface area contributed by atoms with Crippen molar-refractivity contribution in [2.45, 2.75) is 37.9 Å². The number of nitrogens with zero attached hydrogens (tertiary/aromatic N) is 1. The minimum absolute atomic E-state index is 0.0532. The van der Waals surface area contributed by atoms with Gasteiger partial charge in [0.05, 0.1) is 17.6 Å². The SMILES string of the molecule is CCc1cnc(CNS(=O)(=O)c2ccc3c(c2)CNC3)o1. The van der Waals surface area contributed by atoms with Crippen LogP contribution in [0.2, 0.25) is 0 Å². The van der Waals surface area contributed by atoms with E-state index in [2.05, 4.69) is 15.0 Å². The molecule has 2 aromatic rings. The fourth-order valence-electron chi connectivity index (χ4n) is 2.27. The van der Waals surface area contributed by atoms with Crippen molar-refractivity contribution in [3.05, 3.63) is 47.2 Å². The quantitative estimate of drug-likeness (QED) is 0.870. The smallest absolute Gasteiger partial charge is 0.241 e. The van der Waals surface area contributed by atoms with Gasteiger partial charge in [0.1, 0.15) is 5.76 Å². The maximum Gasteiger partial charge on any atom is 0.241 e. The van der Waals surface area contributed by atoms with Crippen LogP contribution in [-0.4, -0.2) is 13.4 Å². The van der Waals surface area contributed by atoms with Crippen LogP contribution in [0.5, 0.6) is 0 Å². The summed E-state index contributed by atoms with van der Waals surface area (Å²) in [6.45, 7) is 3.50. The summed E-state index contributed by atoms with van der Waals surface area (Å²) < 4.78 is 32.5. The topological polar surface area (TPSA) is 84.2 Å². The predicted molar refractivity (Wildman–Crippen MR) is 76.9 cm³/mol. The van der Waals surface area contributed by atoms with Crippen molar-refractivity contribution in [1.29, 1.82) is 0 Å². The normalized spacial score (nSPS) is 14.3. The number of aryl methyl sites for hydroxylation is 1. The molecule has 0 bridgehead atoms. The lowest BCUT2D eigenvalue weighted by molar-refractivity contribution is 0.452. The molecule has 21 heavy (non-hydrogen) atoms. The van der Waals surface area contributed by atoms with E-state index in [1.54, 1.807) is 18.3 Å². The highest BCUT2D eigenvalue weighted by Gasteiger charge is 2.18. The second kappa shape index (κ2) is 5.59. The molecule has 0 atom stereocenters. The summed E-state index contributed by atoms with van der Waals surface area (Å²) in [5.74, 6) is 1.12. The Hall–Kier alpha value is -1.70. The Bertz CT molecular complexity index is 753. The van der Waals surface area contributed by atoms with Gasteiger partial charge in [0.25, 0.3) is 0 Å². The molecule has 1 aliphatic heterocycles. The average molecular weight is 307 g/mol. The van der Waals surface area contributed by atoms with E-state index >= 15 is 0 Å². The van der Waals surface area contributed by atoms with Crippen molar-refractivity contribution in [2.24, 2.45) is 0 Å². The Labute approximate surface area is 123 Å². The van der Waals surface area contributed by atoms with Gasteiger partial charge in [0, 0.05) is 19.5 Å². The van der Waals surface area contributed by atoms with Crippen LogP contribution in [-0.2, 0) is 36.1 Å². The molecule has 7 heteroatoms. The number of aromatic nitrogens is 1. The van der Waals surface area contributed by atoms with Crippen LogP contribution in [0.1, 0.15) is 29.7 Å². The summed E-state index contributed by atoms with van der Waals surface area (Å²) in [6.07, 6.45) is 2.35. The number of hydrogen-bond donors (Lipinski definition) is 2. The molecule has 0 amide bonds. The Balaban J connectivity index is 1.74. The number of fused-ring (bicyclic) bond motifs is 1. The first-order chi connectivity index (χ1) is 10.1. The molecule has 0 saturated carbocycles. The van der Waals surface area contributed by atoms with Gasteiger partial charge in [-0.2, -0.15) is 0 Å². The molecule has 0 spiro atoms. The number of nitrogens with one attached hydrogen (secondary N) is 2. The zero-order valence-electron chi connectivity index (χ0n) is 11.7. The van der Waals surface area contributed by atoms with Crippen LogP contribution < -0.4 is 10.0 Å². The van der Waals surface area contributed by atoms with Crippen LogP contribution in [0.3, 0.4) is 0 Å². The van der Waals surface area contributed by atoms with Crippen LogP contribution in [0, 0.1) is 0 Å². The minimum Gasteiger partial charge on any atom is -0.444 e. The summed E-state index contributed by atoms with van der Waals surface area (Å²) in [5, 5.41) is 3.19. The van der Waals surface area contributed by atoms with Crippen molar-refractivity contribution >= 4 is 10.0 Å². The standard InChI is InChI=1S/C14H17N3O3S/c1-2-12-8-16-14(20-12)9-17-21(18,19)13-4-3-10-6-15-7-11(10)5-13/h3-5,8,15,17H,2,6-7,9H2,1H3. The lowest BCUT2D eigenvalue weighted by atomic mass is 10.1. The van der Waals surface area contributed by atoms with Gasteiger partial charge >= 0.3 is 0 Å². The molecule has 0 saturated heterocycles. The molecule has 2 N–H and O–H groups in total. The average Bonchev–Trinajstić information content (AvgIpc) is 3.13. The fourth-order valence-corrected chi connectivity index (χ4v) is 3.30. The van der Waals surface area contributed by atoms with Gasteiger partial charge in [-0.1, -0.05) is 13.0 Å². The van der Waals surface area contributed by atoms with Crippen molar-refractivity contribution in [3.63, 3.8) is 0 Å². The minimum atomic E-state index is -3.56. The van der Waals surface area contributed by atoms with Crippen LogP contribution in [0.25, 0.3) is 0 Å². The first kappa shape index (κ1) is 14.2. The second-order valence-corrected chi connectivity index (χ2v) is 6.70. The Kier molecular flexibility index (Phi) is 3.79. The molecule has 3 rings (SSSR count). The zero-order chi connectivity index (χ0) is 14.9. The summed E-state index contributed by atoms with van der Waals surface area (Å²) in [7, 11) is -3.56. The molecule has 1 aromatic heterocycles. The number of benzene rings is 1. The van der Waals surface area contributed by atoms with E-state index < -0.39 is 10.0 Å². The molecule has 0 aliphatic carbocycles. The lowest BCUT2D eigenvalue weighted by Gasteiger charge is -2.06. The van der Waals surface area contributed by atoms with Crippen molar-refractivity contribution in [3.8, 4) is 0 Å². The highest BCUT2D eigenvalue weighted by molar-refractivity contribution is 7.89. The zero-order valence-corrected chi connectivity index (χ0v) is 12.5. The van der Waals surface area contributed by atoms with E-state index in [9.17, 15) is 8.42 Å². The maximum atomic E-state index is 12.3. The highest BCUT2D eigenvalue weighted by atomic mass is 32.2. The molecule has 1 aliphatic rings. The van der Waals surface area contributed by atoms with Crippen LogP contribution >= 0.6 is 0 Å². The van der Waals surface area contributed by atoms with E-state index in [4.69, 9.17) is 4.42 Å². The van der Waals surface area contributed by atoms with E-state index in [-0.39, 0.29) is 11.4 Å². The molecule has 1 aromatic carbocycles. The van der Waals surface area contributed by atoms with Crippen LogP contribution in [0.4, 0.5) is 0 Å². The molecular weight excluding hydrogens is 290 g/mol. The Morgan fingerprint density at radius 1 is 1.33 bits per heavy atom. The van der Waals surface area contributed by atoms with E-state index in [1.165, 1.54) is 0 Å². The van der Waals surface area contributed by atoms with Gasteiger partial charge in [-0.15, -0.1) is 0 Å². The monoisotopic (exact) mass is 307 g/mol. The first-order valence-corrected chi connectivity index (χ1v) is 8.32. The van der Waals surface area contributed by atoms with Crippen molar-refractivity contribution in [1.82, 2.24) is 15.0 Å². The van der Waals surface area contributed by atoms with Gasteiger partial charge in [0.15, 0.2) is 0 Å². The largest absolute Gasteiger partial charge is 0.444 e. The van der Waals surface area contributed by atoms with E-state index in [0.29, 0.717) is 12.4 Å². The van der Waals surface area contributed by atoms with Gasteiger partial charge in [0.2, 0.25) is 15.9 Å². The molecule has 112 valence electrons. The highest BCUT2D eigenvalue weighted by Crippen LogP contribution is 2.20. The molecule has 2 heterocycles. The maximum absolute atomic E-state index is 12.3. The Morgan fingerprint density at radius 3 is 2.90 bits per heavy atom. The molecule has 0 radical (unpaired) electrons. The lowest BCUT2D eigenvalue weighted by Crippen LogP contribution is -2.23. The van der Waals surface area contributed by atoms with Gasteiger partial charge in [-0.3, -0.25) is 0 Å². The third kappa shape index (κ3) is 2.99. The third-order valence-electron chi connectivity index (χ3n) is 3.48. The summed E-state index contributed by atoms with van der Waals surface area (Å²) in [5.41, 5.74) is 2.18. The number of rotatable bonds is 5. The molecule has 6 nitrogen and oxygen atoms in total. The van der Waals surface area contributed by atoms with E-state index in [1.807, 2.05) is 13.0 Å². The summed E-state index contributed by atoms with van der Waals surface area (Å²) >= 11 is 0. The fraction of sp³-hybridized carbons (Fsp3) is 0.357. The summed E-state index contributed by atoms with van der Waals surface area (Å²) in [4.78, 5) is 4.31. The summed E-state index contributed by atoms with van der Waals surface area (Å²) in [6, 6.07) is 5.19. The predicted octanol–water partition coefficient (Wildman–Crippen LogP) is 1.32. The molecule has 0 fully saturated rings.